The van der Waals surface area contributed by atoms with Crippen LogP contribution in [0.3, 0.4) is 0 Å². The van der Waals surface area contributed by atoms with Gasteiger partial charge in [0.1, 0.15) is 5.52 Å². The maximum atomic E-state index is 12.5. The molecule has 1 heterocycles. The molecule has 5 nitrogen and oxygen atoms in total. The normalized spacial score (nSPS) is 12.2. The monoisotopic (exact) mass is 406 g/mol. The lowest BCUT2D eigenvalue weighted by Gasteiger charge is -2.18. The van der Waals surface area contributed by atoms with Crippen molar-refractivity contribution in [1.82, 2.24) is 4.98 Å². The van der Waals surface area contributed by atoms with Gasteiger partial charge in [-0.25, -0.2) is 13.4 Å². The number of nitrogens with zero attached hydrogens (tertiary/aromatic N) is 1. The van der Waals surface area contributed by atoms with Crippen LogP contribution in [-0.2, 0) is 15.4 Å². The minimum absolute atomic E-state index is 0.0741. The highest BCUT2D eigenvalue weighted by Gasteiger charge is 2.16. The highest BCUT2D eigenvalue weighted by molar-refractivity contribution is 7.92. The van der Waals surface area contributed by atoms with E-state index in [1.165, 1.54) is 5.56 Å². The zero-order valence-corrected chi connectivity index (χ0v) is 17.3. The van der Waals surface area contributed by atoms with Crippen LogP contribution in [0, 0.1) is 0 Å². The van der Waals surface area contributed by atoms with Gasteiger partial charge in [-0.1, -0.05) is 51.1 Å². The summed E-state index contributed by atoms with van der Waals surface area (Å²) >= 11 is 0. The van der Waals surface area contributed by atoms with Crippen molar-refractivity contribution in [2.75, 3.05) is 4.72 Å². The zero-order valence-electron chi connectivity index (χ0n) is 16.5. The highest BCUT2D eigenvalue weighted by Crippen LogP contribution is 2.29. The van der Waals surface area contributed by atoms with Crippen molar-refractivity contribution in [2.24, 2.45) is 0 Å². The molecule has 0 aliphatic carbocycles. The number of nitrogens with one attached hydrogen (secondary N) is 1. The lowest BCUT2D eigenvalue weighted by molar-refractivity contribution is 0.589. The van der Waals surface area contributed by atoms with Crippen LogP contribution >= 0.6 is 0 Å². The summed E-state index contributed by atoms with van der Waals surface area (Å²) in [5.74, 6) is 0.503. The molecule has 4 aromatic rings. The third-order valence-electron chi connectivity index (χ3n) is 4.69. The van der Waals surface area contributed by atoms with Gasteiger partial charge >= 0.3 is 0 Å². The predicted octanol–water partition coefficient (Wildman–Crippen LogP) is 5.59. The molecule has 0 aliphatic rings. The average molecular weight is 407 g/mol. The van der Waals surface area contributed by atoms with Gasteiger partial charge in [0.05, 0.1) is 10.6 Å². The number of sulfonamides is 1. The fourth-order valence-corrected chi connectivity index (χ4v) is 4.11. The van der Waals surface area contributed by atoms with Crippen molar-refractivity contribution in [2.45, 2.75) is 31.1 Å². The van der Waals surface area contributed by atoms with E-state index in [1.807, 2.05) is 12.1 Å². The van der Waals surface area contributed by atoms with Crippen LogP contribution in [0.25, 0.3) is 22.6 Å². The molecule has 0 aliphatic heterocycles. The third-order valence-corrected chi connectivity index (χ3v) is 6.09. The molecule has 0 saturated carbocycles. The Morgan fingerprint density at radius 2 is 1.59 bits per heavy atom. The molecular formula is C23H22N2O3S. The number of hydrogen-bond acceptors (Lipinski definition) is 4. The van der Waals surface area contributed by atoms with Gasteiger partial charge in [-0.2, -0.15) is 0 Å². The molecule has 0 saturated heterocycles. The minimum Gasteiger partial charge on any atom is -0.436 e. The van der Waals surface area contributed by atoms with Gasteiger partial charge in [-0.3, -0.25) is 4.72 Å². The Hall–Kier alpha value is -3.12. The van der Waals surface area contributed by atoms with Crippen LogP contribution in [0.15, 0.2) is 82.1 Å². The van der Waals surface area contributed by atoms with E-state index in [4.69, 9.17) is 4.42 Å². The fourth-order valence-electron chi connectivity index (χ4n) is 3.04. The first kappa shape index (κ1) is 19.2. The number of aromatic nitrogens is 1. The summed E-state index contributed by atoms with van der Waals surface area (Å²) in [6, 6.07) is 21.4. The lowest BCUT2D eigenvalue weighted by atomic mass is 9.87. The van der Waals surface area contributed by atoms with Gasteiger partial charge in [0.15, 0.2) is 5.58 Å². The molecule has 0 bridgehead atoms. The quantitative estimate of drug-likeness (QED) is 0.479. The first-order chi connectivity index (χ1) is 13.7. The summed E-state index contributed by atoms with van der Waals surface area (Å²) in [4.78, 5) is 4.74. The van der Waals surface area contributed by atoms with Crippen molar-refractivity contribution in [3.63, 3.8) is 0 Å². The van der Waals surface area contributed by atoms with Crippen molar-refractivity contribution in [1.29, 1.82) is 0 Å². The van der Waals surface area contributed by atoms with Gasteiger partial charge in [-0.05, 0) is 53.4 Å². The molecule has 4 rings (SSSR count). The van der Waals surface area contributed by atoms with E-state index in [-0.39, 0.29) is 10.3 Å². The van der Waals surface area contributed by atoms with Crippen LogP contribution in [0.2, 0.25) is 0 Å². The summed E-state index contributed by atoms with van der Waals surface area (Å²) in [5.41, 5.74) is 3.81. The average Bonchev–Trinajstić information content (AvgIpc) is 3.11. The maximum Gasteiger partial charge on any atom is 0.261 e. The topological polar surface area (TPSA) is 72.2 Å². The minimum atomic E-state index is -3.65. The van der Waals surface area contributed by atoms with E-state index in [1.54, 1.807) is 48.5 Å². The predicted molar refractivity (Wildman–Crippen MR) is 115 cm³/mol. The van der Waals surface area contributed by atoms with Crippen molar-refractivity contribution >= 4 is 26.8 Å². The van der Waals surface area contributed by atoms with E-state index < -0.39 is 10.0 Å². The molecule has 0 radical (unpaired) electrons. The Kier molecular flexibility index (Phi) is 4.67. The molecular weight excluding hydrogens is 384 g/mol. The van der Waals surface area contributed by atoms with Crippen molar-refractivity contribution < 1.29 is 12.8 Å². The second-order valence-electron chi connectivity index (χ2n) is 7.95. The number of fused-ring (bicyclic) bond motifs is 1. The standard InChI is InChI=1S/C23H22N2O3S/c1-23(2,3)17-11-9-16(10-12-17)22-24-20-15-18(13-14-21(20)28-22)25-29(26,27)19-7-5-4-6-8-19/h4-15,25H,1-3H3. The maximum absolute atomic E-state index is 12.5. The Balaban J connectivity index is 1.63. The smallest absolute Gasteiger partial charge is 0.261 e. The number of benzene rings is 3. The Labute approximate surface area is 170 Å². The lowest BCUT2D eigenvalue weighted by Crippen LogP contribution is -2.12. The first-order valence-corrected chi connectivity index (χ1v) is 10.8. The van der Waals surface area contributed by atoms with Gasteiger partial charge in [0.2, 0.25) is 5.89 Å². The van der Waals surface area contributed by atoms with Crippen LogP contribution in [0.5, 0.6) is 0 Å². The summed E-state index contributed by atoms with van der Waals surface area (Å²) in [6.07, 6.45) is 0. The summed E-state index contributed by atoms with van der Waals surface area (Å²) < 4.78 is 33.5. The van der Waals surface area contributed by atoms with E-state index in [0.717, 1.165) is 5.56 Å². The summed E-state index contributed by atoms with van der Waals surface area (Å²) in [7, 11) is -3.65. The van der Waals surface area contributed by atoms with Crippen LogP contribution in [0.1, 0.15) is 26.3 Å². The molecule has 0 spiro atoms. The molecule has 0 fully saturated rings. The zero-order chi connectivity index (χ0) is 20.6. The van der Waals surface area contributed by atoms with Gasteiger partial charge in [0.25, 0.3) is 10.0 Å². The fraction of sp³-hybridized carbons (Fsp3) is 0.174. The molecule has 29 heavy (non-hydrogen) atoms. The first-order valence-electron chi connectivity index (χ1n) is 9.32. The number of rotatable bonds is 4. The number of hydrogen-bond donors (Lipinski definition) is 1. The SMILES string of the molecule is CC(C)(C)c1ccc(-c2nc3cc(NS(=O)(=O)c4ccccc4)ccc3o2)cc1. The Bertz CT molecular complexity index is 1250. The molecule has 1 aromatic heterocycles. The molecule has 1 N–H and O–H groups in total. The molecule has 148 valence electrons. The third kappa shape index (κ3) is 4.03. The van der Waals surface area contributed by atoms with Gasteiger partial charge in [-0.15, -0.1) is 0 Å². The van der Waals surface area contributed by atoms with Gasteiger partial charge in [0, 0.05) is 5.56 Å². The molecule has 3 aromatic carbocycles. The van der Waals surface area contributed by atoms with Crippen LogP contribution in [-0.4, -0.2) is 13.4 Å². The molecule has 0 atom stereocenters. The number of anilines is 1. The van der Waals surface area contributed by atoms with E-state index in [9.17, 15) is 8.42 Å². The molecule has 0 unspecified atom stereocenters. The summed E-state index contributed by atoms with van der Waals surface area (Å²) in [5, 5.41) is 0. The number of oxazole rings is 1. The Morgan fingerprint density at radius 1 is 0.897 bits per heavy atom. The highest BCUT2D eigenvalue weighted by atomic mass is 32.2. The second kappa shape index (κ2) is 7.04. The molecule has 6 heteroatoms. The Morgan fingerprint density at radius 3 is 2.24 bits per heavy atom. The van der Waals surface area contributed by atoms with E-state index in [2.05, 4.69) is 42.6 Å². The molecule has 0 amide bonds. The largest absolute Gasteiger partial charge is 0.436 e. The van der Waals surface area contributed by atoms with Crippen molar-refractivity contribution in [3.8, 4) is 11.5 Å². The second-order valence-corrected chi connectivity index (χ2v) is 9.63. The van der Waals surface area contributed by atoms with Crippen molar-refractivity contribution in [3.05, 3.63) is 78.4 Å². The van der Waals surface area contributed by atoms with Crippen LogP contribution in [0.4, 0.5) is 5.69 Å². The van der Waals surface area contributed by atoms with Crippen LogP contribution < -0.4 is 4.72 Å². The van der Waals surface area contributed by atoms with E-state index >= 15 is 0 Å². The van der Waals surface area contributed by atoms with E-state index in [0.29, 0.717) is 22.7 Å². The van der Waals surface area contributed by atoms with Gasteiger partial charge < -0.3 is 4.42 Å². The summed E-state index contributed by atoms with van der Waals surface area (Å²) in [6.45, 7) is 6.50.